The van der Waals surface area contributed by atoms with E-state index in [1.165, 1.54) is 0 Å². The summed E-state index contributed by atoms with van der Waals surface area (Å²) in [5, 5.41) is 2.49. The minimum Gasteiger partial charge on any atom is -0.370 e. The van der Waals surface area contributed by atoms with Crippen molar-refractivity contribution in [3.63, 3.8) is 0 Å². The van der Waals surface area contributed by atoms with Crippen LogP contribution in [0.3, 0.4) is 0 Å². The molecule has 0 aliphatic carbocycles. The second-order valence-electron chi connectivity index (χ2n) is 2.00. The van der Waals surface area contributed by atoms with Gasteiger partial charge in [-0.05, 0) is 12.8 Å². The summed E-state index contributed by atoms with van der Waals surface area (Å²) >= 11 is 0. The Morgan fingerprint density at radius 1 is 1.50 bits per heavy atom. The van der Waals surface area contributed by atoms with Crippen LogP contribution in [0, 0.1) is 0 Å². The van der Waals surface area contributed by atoms with E-state index in [9.17, 15) is 9.59 Å². The first-order valence-corrected chi connectivity index (χ1v) is 3.22. The number of nitrogens with two attached hydrogens (primary N) is 1. The maximum Gasteiger partial charge on any atom is 0.217 e. The fourth-order valence-corrected chi connectivity index (χ4v) is 0.585. The van der Waals surface area contributed by atoms with Crippen molar-refractivity contribution in [3.8, 4) is 0 Å². The highest BCUT2D eigenvalue weighted by atomic mass is 16.1. The van der Waals surface area contributed by atoms with Crippen molar-refractivity contribution in [1.29, 1.82) is 0 Å². The van der Waals surface area contributed by atoms with Gasteiger partial charge in [-0.25, -0.2) is 0 Å². The van der Waals surface area contributed by atoms with Crippen LogP contribution in [0.4, 0.5) is 0 Å². The minimum absolute atomic E-state index is 0.286. The smallest absolute Gasteiger partial charge is 0.217 e. The van der Waals surface area contributed by atoms with E-state index in [2.05, 4.69) is 5.32 Å². The molecule has 2 amide bonds. The molecule has 0 atom stereocenters. The third kappa shape index (κ3) is 6.94. The standard InChI is InChI=1S/C6H12N2O2/c7-6(10)3-1-2-4-8-5-9/h5H,1-4H2,(H2,7,10)(H,8,9). The van der Waals surface area contributed by atoms with Crippen molar-refractivity contribution in [2.45, 2.75) is 19.3 Å². The molecule has 4 heteroatoms. The summed E-state index contributed by atoms with van der Waals surface area (Å²) in [6.45, 7) is 0.622. The summed E-state index contributed by atoms with van der Waals surface area (Å²) in [5.74, 6) is -0.286. The molecular weight excluding hydrogens is 132 g/mol. The Bertz CT molecular complexity index is 114. The van der Waals surface area contributed by atoms with E-state index in [1.807, 2.05) is 0 Å². The Balaban J connectivity index is 2.90. The number of hydrogen-bond acceptors (Lipinski definition) is 2. The lowest BCUT2D eigenvalue weighted by atomic mass is 10.2. The zero-order chi connectivity index (χ0) is 7.82. The lowest BCUT2D eigenvalue weighted by Gasteiger charge is -1.95. The molecule has 0 saturated carbocycles. The Morgan fingerprint density at radius 2 is 2.20 bits per heavy atom. The molecule has 10 heavy (non-hydrogen) atoms. The van der Waals surface area contributed by atoms with Crippen LogP contribution in [0.1, 0.15) is 19.3 Å². The van der Waals surface area contributed by atoms with Gasteiger partial charge in [0.05, 0.1) is 0 Å². The first-order chi connectivity index (χ1) is 4.77. The number of nitrogens with one attached hydrogen (secondary N) is 1. The molecule has 0 aliphatic rings. The molecule has 0 aromatic heterocycles. The molecule has 0 aromatic carbocycles. The van der Waals surface area contributed by atoms with Crippen molar-refractivity contribution in [2.75, 3.05) is 6.54 Å². The van der Waals surface area contributed by atoms with Crippen LogP contribution in [0.15, 0.2) is 0 Å². The predicted molar refractivity (Wildman–Crippen MR) is 37.1 cm³/mol. The summed E-state index contributed by atoms with van der Waals surface area (Å²) in [6, 6.07) is 0. The molecule has 3 N–H and O–H groups in total. The van der Waals surface area contributed by atoms with Crippen LogP contribution in [-0.4, -0.2) is 18.9 Å². The first-order valence-electron chi connectivity index (χ1n) is 3.22. The van der Waals surface area contributed by atoms with E-state index in [-0.39, 0.29) is 5.91 Å². The molecule has 0 bridgehead atoms. The summed E-state index contributed by atoms with van der Waals surface area (Å²) in [6.07, 6.45) is 2.60. The number of primary amides is 1. The van der Waals surface area contributed by atoms with Crippen LogP contribution >= 0.6 is 0 Å². The second kappa shape index (κ2) is 6.07. The Hall–Kier alpha value is -1.06. The lowest BCUT2D eigenvalue weighted by Crippen LogP contribution is -2.14. The summed E-state index contributed by atoms with van der Waals surface area (Å²) < 4.78 is 0. The monoisotopic (exact) mass is 144 g/mol. The van der Waals surface area contributed by atoms with Crippen LogP contribution < -0.4 is 11.1 Å². The van der Waals surface area contributed by atoms with Gasteiger partial charge in [-0.2, -0.15) is 0 Å². The van der Waals surface area contributed by atoms with E-state index in [0.29, 0.717) is 19.4 Å². The molecule has 0 radical (unpaired) electrons. The van der Waals surface area contributed by atoms with Gasteiger partial charge in [-0.3, -0.25) is 9.59 Å². The van der Waals surface area contributed by atoms with E-state index >= 15 is 0 Å². The number of carbonyl (C=O) groups excluding carboxylic acids is 2. The summed E-state index contributed by atoms with van der Waals surface area (Å²) in [4.78, 5) is 19.9. The van der Waals surface area contributed by atoms with Gasteiger partial charge in [-0.1, -0.05) is 0 Å². The minimum atomic E-state index is -0.286. The van der Waals surface area contributed by atoms with Gasteiger partial charge in [0.2, 0.25) is 12.3 Å². The van der Waals surface area contributed by atoms with E-state index < -0.39 is 0 Å². The van der Waals surface area contributed by atoms with Crippen molar-refractivity contribution in [3.05, 3.63) is 0 Å². The molecular formula is C6H12N2O2. The summed E-state index contributed by atoms with van der Waals surface area (Å²) in [5.41, 5.74) is 4.88. The van der Waals surface area contributed by atoms with E-state index in [0.717, 1.165) is 12.8 Å². The zero-order valence-electron chi connectivity index (χ0n) is 5.80. The topological polar surface area (TPSA) is 72.2 Å². The van der Waals surface area contributed by atoms with Crippen LogP contribution in [-0.2, 0) is 9.59 Å². The molecule has 4 nitrogen and oxygen atoms in total. The van der Waals surface area contributed by atoms with Crippen LogP contribution in [0.5, 0.6) is 0 Å². The molecule has 0 heterocycles. The SMILES string of the molecule is NC(=O)CCCCNC=O. The van der Waals surface area contributed by atoms with Crippen molar-refractivity contribution < 1.29 is 9.59 Å². The second-order valence-corrected chi connectivity index (χ2v) is 2.00. The van der Waals surface area contributed by atoms with Gasteiger partial charge in [0.15, 0.2) is 0 Å². The Kier molecular flexibility index (Phi) is 5.42. The summed E-state index contributed by atoms with van der Waals surface area (Å²) in [7, 11) is 0. The number of hydrogen-bond donors (Lipinski definition) is 2. The molecule has 0 fully saturated rings. The van der Waals surface area contributed by atoms with Gasteiger partial charge in [0, 0.05) is 13.0 Å². The van der Waals surface area contributed by atoms with E-state index in [4.69, 9.17) is 5.73 Å². The van der Waals surface area contributed by atoms with Gasteiger partial charge < -0.3 is 11.1 Å². The highest BCUT2D eigenvalue weighted by Gasteiger charge is 1.92. The quantitative estimate of drug-likeness (QED) is 0.385. The van der Waals surface area contributed by atoms with Crippen LogP contribution in [0.2, 0.25) is 0 Å². The maximum absolute atomic E-state index is 10.2. The van der Waals surface area contributed by atoms with Crippen molar-refractivity contribution >= 4 is 12.3 Å². The molecule has 0 aromatic rings. The molecule has 0 saturated heterocycles. The molecule has 58 valence electrons. The molecule has 0 aliphatic heterocycles. The molecule has 0 unspecified atom stereocenters. The van der Waals surface area contributed by atoms with E-state index in [1.54, 1.807) is 0 Å². The van der Waals surface area contributed by atoms with Crippen molar-refractivity contribution in [1.82, 2.24) is 5.32 Å². The van der Waals surface area contributed by atoms with Gasteiger partial charge in [-0.15, -0.1) is 0 Å². The average Bonchev–Trinajstić information content (AvgIpc) is 1.87. The predicted octanol–water partition coefficient (Wildman–Crippen LogP) is -0.612. The fraction of sp³-hybridized carbons (Fsp3) is 0.667. The maximum atomic E-state index is 10.2. The van der Waals surface area contributed by atoms with Gasteiger partial charge >= 0.3 is 0 Å². The molecule has 0 spiro atoms. The third-order valence-corrected chi connectivity index (χ3v) is 1.08. The lowest BCUT2D eigenvalue weighted by molar-refractivity contribution is -0.118. The zero-order valence-corrected chi connectivity index (χ0v) is 5.80. The first kappa shape index (κ1) is 8.94. The third-order valence-electron chi connectivity index (χ3n) is 1.08. The average molecular weight is 144 g/mol. The molecule has 0 rings (SSSR count). The van der Waals surface area contributed by atoms with Crippen LogP contribution in [0.25, 0.3) is 0 Å². The highest BCUT2D eigenvalue weighted by molar-refractivity contribution is 5.73. The number of rotatable bonds is 6. The number of amides is 2. The number of unbranched alkanes of at least 4 members (excludes halogenated alkanes) is 1. The Labute approximate surface area is 59.8 Å². The normalized spacial score (nSPS) is 8.80. The van der Waals surface area contributed by atoms with Crippen molar-refractivity contribution in [2.24, 2.45) is 5.73 Å². The highest BCUT2D eigenvalue weighted by Crippen LogP contribution is 1.91. The largest absolute Gasteiger partial charge is 0.370 e. The Morgan fingerprint density at radius 3 is 2.70 bits per heavy atom. The fourth-order valence-electron chi connectivity index (χ4n) is 0.585. The van der Waals surface area contributed by atoms with Gasteiger partial charge in [0.1, 0.15) is 0 Å². The van der Waals surface area contributed by atoms with Gasteiger partial charge in [0.25, 0.3) is 0 Å². The number of carbonyl (C=O) groups is 2.